The number of rotatable bonds is 6. The molecule has 2 atom stereocenters. The van der Waals surface area contributed by atoms with Gasteiger partial charge in [0.25, 0.3) is 0 Å². The van der Waals surface area contributed by atoms with E-state index in [1.54, 1.807) is 6.07 Å². The molecule has 2 aromatic rings. The molecule has 1 fully saturated rings. The second kappa shape index (κ2) is 6.55. The van der Waals surface area contributed by atoms with Crippen molar-refractivity contribution in [3.8, 4) is 0 Å². The molecule has 1 aromatic heterocycles. The number of hydrogen-bond donors (Lipinski definition) is 1. The van der Waals surface area contributed by atoms with Crippen LogP contribution in [0.2, 0.25) is 0 Å². The maximum Gasteiger partial charge on any atom is 0.240 e. The summed E-state index contributed by atoms with van der Waals surface area (Å²) in [7, 11) is 3.83. The summed E-state index contributed by atoms with van der Waals surface area (Å²) in [5, 5.41) is 6.97. The van der Waals surface area contributed by atoms with Crippen LogP contribution in [0.25, 0.3) is 0 Å². The zero-order valence-corrected chi connectivity index (χ0v) is 14.9. The SMILES string of the molecule is CN(C)Cc1nc(C(C)(C)NC(=O)C2CC2c2cccc(F)c2)no1. The van der Waals surface area contributed by atoms with Gasteiger partial charge in [-0.25, -0.2) is 4.39 Å². The Balaban J connectivity index is 1.63. The fourth-order valence-corrected chi connectivity index (χ4v) is 2.89. The molecule has 0 aliphatic heterocycles. The van der Waals surface area contributed by atoms with Gasteiger partial charge >= 0.3 is 0 Å². The molecule has 1 heterocycles. The molecule has 1 saturated carbocycles. The van der Waals surface area contributed by atoms with Crippen molar-refractivity contribution in [2.45, 2.75) is 38.3 Å². The number of carbonyl (C=O) groups is 1. The third-order valence-corrected chi connectivity index (χ3v) is 4.32. The summed E-state index contributed by atoms with van der Waals surface area (Å²) >= 11 is 0. The third kappa shape index (κ3) is 4.04. The van der Waals surface area contributed by atoms with E-state index in [1.165, 1.54) is 12.1 Å². The zero-order valence-electron chi connectivity index (χ0n) is 14.9. The Bertz CT molecular complexity index is 772. The first-order chi connectivity index (χ1) is 11.8. The highest BCUT2D eigenvalue weighted by atomic mass is 19.1. The molecule has 1 amide bonds. The number of nitrogens with zero attached hydrogens (tertiary/aromatic N) is 3. The average molecular weight is 346 g/mol. The van der Waals surface area contributed by atoms with Crippen molar-refractivity contribution in [1.29, 1.82) is 0 Å². The minimum atomic E-state index is -0.736. The van der Waals surface area contributed by atoms with Crippen LogP contribution in [0, 0.1) is 11.7 Å². The highest BCUT2D eigenvalue weighted by Crippen LogP contribution is 2.48. The lowest BCUT2D eigenvalue weighted by molar-refractivity contribution is -0.124. The number of carbonyl (C=O) groups excluding carboxylic acids is 1. The summed E-state index contributed by atoms with van der Waals surface area (Å²) in [6.07, 6.45) is 0.726. The maximum absolute atomic E-state index is 13.3. The van der Waals surface area contributed by atoms with Crippen LogP contribution in [0.5, 0.6) is 0 Å². The predicted molar refractivity (Wildman–Crippen MR) is 90.1 cm³/mol. The van der Waals surface area contributed by atoms with Gasteiger partial charge in [0, 0.05) is 5.92 Å². The second-order valence-electron chi connectivity index (χ2n) is 7.37. The average Bonchev–Trinajstić information content (AvgIpc) is 3.19. The Morgan fingerprint density at radius 1 is 1.44 bits per heavy atom. The molecule has 1 aromatic carbocycles. The highest BCUT2D eigenvalue weighted by Gasteiger charge is 2.45. The number of hydrogen-bond acceptors (Lipinski definition) is 5. The molecule has 1 aliphatic carbocycles. The summed E-state index contributed by atoms with van der Waals surface area (Å²) in [6.45, 7) is 4.23. The van der Waals surface area contributed by atoms with Crippen molar-refractivity contribution in [3.63, 3.8) is 0 Å². The standard InChI is InChI=1S/C18H23FN4O2/c1-18(2,17-20-15(25-22-17)10-23(3)4)21-16(24)14-9-13(14)11-6-5-7-12(19)8-11/h5-8,13-14H,9-10H2,1-4H3,(H,21,24). The van der Waals surface area contributed by atoms with E-state index in [0.717, 1.165) is 12.0 Å². The van der Waals surface area contributed by atoms with Crippen LogP contribution >= 0.6 is 0 Å². The molecule has 0 bridgehead atoms. The van der Waals surface area contributed by atoms with Gasteiger partial charge in [-0.1, -0.05) is 17.3 Å². The first-order valence-corrected chi connectivity index (χ1v) is 8.31. The molecule has 1 N–H and O–H groups in total. The molecule has 0 radical (unpaired) electrons. The molecule has 0 saturated heterocycles. The Labute approximate surface area is 146 Å². The molecule has 2 unspecified atom stereocenters. The summed E-state index contributed by atoms with van der Waals surface area (Å²) < 4.78 is 18.6. The van der Waals surface area contributed by atoms with Crippen molar-refractivity contribution in [1.82, 2.24) is 20.4 Å². The fourth-order valence-electron chi connectivity index (χ4n) is 2.89. The van der Waals surface area contributed by atoms with Crippen molar-refractivity contribution >= 4 is 5.91 Å². The molecule has 0 spiro atoms. The van der Waals surface area contributed by atoms with E-state index in [1.807, 2.05) is 38.9 Å². The monoisotopic (exact) mass is 346 g/mol. The largest absolute Gasteiger partial charge is 0.344 e. The van der Waals surface area contributed by atoms with Crippen LogP contribution in [0.4, 0.5) is 4.39 Å². The number of amides is 1. The van der Waals surface area contributed by atoms with Gasteiger partial charge in [-0.2, -0.15) is 4.98 Å². The van der Waals surface area contributed by atoms with Crippen LogP contribution in [-0.2, 0) is 16.9 Å². The summed E-state index contributed by atoms with van der Waals surface area (Å²) in [5.41, 5.74) is 0.131. The van der Waals surface area contributed by atoms with Crippen molar-refractivity contribution < 1.29 is 13.7 Å². The minimum absolute atomic E-state index is 0.0704. The molecule has 1 aliphatic rings. The predicted octanol–water partition coefficient (Wildman–Crippen LogP) is 2.43. The van der Waals surface area contributed by atoms with Crippen LogP contribution in [0.1, 0.15) is 43.5 Å². The van der Waals surface area contributed by atoms with E-state index in [0.29, 0.717) is 18.3 Å². The third-order valence-electron chi connectivity index (χ3n) is 4.32. The molecule has 7 heteroatoms. The Morgan fingerprint density at radius 3 is 2.88 bits per heavy atom. The lowest BCUT2D eigenvalue weighted by Crippen LogP contribution is -2.42. The first kappa shape index (κ1) is 17.5. The normalized spacial score (nSPS) is 19.9. The van der Waals surface area contributed by atoms with Gasteiger partial charge < -0.3 is 14.7 Å². The van der Waals surface area contributed by atoms with Crippen LogP contribution in [-0.4, -0.2) is 35.0 Å². The molecular weight excluding hydrogens is 323 g/mol. The quantitative estimate of drug-likeness (QED) is 0.870. The van der Waals surface area contributed by atoms with Crippen LogP contribution in [0.3, 0.4) is 0 Å². The van der Waals surface area contributed by atoms with Gasteiger partial charge in [-0.3, -0.25) is 4.79 Å². The van der Waals surface area contributed by atoms with Crippen molar-refractivity contribution in [3.05, 3.63) is 47.4 Å². The van der Waals surface area contributed by atoms with E-state index < -0.39 is 5.54 Å². The number of nitrogens with one attached hydrogen (secondary N) is 1. The van der Waals surface area contributed by atoms with Gasteiger partial charge in [-0.15, -0.1) is 0 Å². The Kier molecular flexibility index (Phi) is 4.60. The summed E-state index contributed by atoms with van der Waals surface area (Å²) in [4.78, 5) is 18.8. The van der Waals surface area contributed by atoms with E-state index in [4.69, 9.17) is 4.52 Å². The van der Waals surface area contributed by atoms with Crippen molar-refractivity contribution in [2.24, 2.45) is 5.92 Å². The molecule has 134 valence electrons. The van der Waals surface area contributed by atoms with Gasteiger partial charge in [0.05, 0.1) is 12.1 Å². The fraction of sp³-hybridized carbons (Fsp3) is 0.500. The zero-order chi connectivity index (χ0) is 18.2. The van der Waals surface area contributed by atoms with E-state index in [2.05, 4.69) is 15.5 Å². The summed E-state index contributed by atoms with van der Waals surface area (Å²) in [6, 6.07) is 6.44. The Hall–Kier alpha value is -2.28. The van der Waals surface area contributed by atoms with Gasteiger partial charge in [0.2, 0.25) is 11.8 Å². The number of aromatic nitrogens is 2. The maximum atomic E-state index is 13.3. The van der Waals surface area contributed by atoms with Gasteiger partial charge in [0.15, 0.2) is 5.82 Å². The van der Waals surface area contributed by atoms with E-state index >= 15 is 0 Å². The molecule has 3 rings (SSSR count). The van der Waals surface area contributed by atoms with Gasteiger partial charge in [-0.05, 0) is 58.0 Å². The lowest BCUT2D eigenvalue weighted by atomic mass is 10.0. The topological polar surface area (TPSA) is 71.3 Å². The van der Waals surface area contributed by atoms with E-state index in [9.17, 15) is 9.18 Å². The summed E-state index contributed by atoms with van der Waals surface area (Å²) in [5.74, 6) is 0.532. The smallest absolute Gasteiger partial charge is 0.240 e. The van der Waals surface area contributed by atoms with Crippen LogP contribution in [0.15, 0.2) is 28.8 Å². The first-order valence-electron chi connectivity index (χ1n) is 8.31. The lowest BCUT2D eigenvalue weighted by Gasteiger charge is -2.22. The van der Waals surface area contributed by atoms with Crippen LogP contribution < -0.4 is 5.32 Å². The highest BCUT2D eigenvalue weighted by molar-refractivity contribution is 5.83. The van der Waals surface area contributed by atoms with E-state index in [-0.39, 0.29) is 23.6 Å². The number of halogens is 1. The number of benzene rings is 1. The second-order valence-corrected chi connectivity index (χ2v) is 7.37. The van der Waals surface area contributed by atoms with Crippen molar-refractivity contribution in [2.75, 3.05) is 14.1 Å². The molecular formula is C18H23FN4O2. The minimum Gasteiger partial charge on any atom is -0.344 e. The molecule has 25 heavy (non-hydrogen) atoms. The van der Waals surface area contributed by atoms with Gasteiger partial charge in [0.1, 0.15) is 5.82 Å². The Morgan fingerprint density at radius 2 is 2.20 bits per heavy atom. The molecule has 6 nitrogen and oxygen atoms in total.